The second-order valence-corrected chi connectivity index (χ2v) is 10.0. The molecule has 182 valence electrons. The maximum atomic E-state index is 13.1. The number of piperazine rings is 1. The number of nitrogens with zero attached hydrogens (tertiary/aromatic N) is 9. The van der Waals surface area contributed by atoms with Gasteiger partial charge in [0.15, 0.2) is 5.69 Å². The topological polar surface area (TPSA) is 115 Å². The molecule has 10 heteroatoms. The smallest absolute Gasteiger partial charge is 0.274 e. The first-order chi connectivity index (χ1) is 17.5. The molecule has 1 aliphatic carbocycles. The lowest BCUT2D eigenvalue weighted by molar-refractivity contribution is 0.0636. The van der Waals surface area contributed by atoms with E-state index in [1.165, 1.54) is 12.0 Å². The summed E-state index contributed by atoms with van der Waals surface area (Å²) < 4.78 is 0. The van der Waals surface area contributed by atoms with Crippen LogP contribution in [-0.2, 0) is 5.41 Å². The SMILES string of the molecule is C[C@@H]1CN(c2ncnc3c2C2(CCC2)CN3c2cc(C#N)ccn2)[C@@H](C)CN1C(=O)c1cccnn1. The molecule has 0 bridgehead atoms. The molecule has 2 atom stereocenters. The molecule has 10 nitrogen and oxygen atoms in total. The Kier molecular flexibility index (Phi) is 5.29. The number of rotatable bonds is 3. The van der Waals surface area contributed by atoms with Gasteiger partial charge < -0.3 is 14.7 Å². The van der Waals surface area contributed by atoms with Crippen molar-refractivity contribution in [1.29, 1.82) is 5.26 Å². The number of anilines is 3. The number of fused-ring (bicyclic) bond motifs is 2. The predicted octanol–water partition coefficient (Wildman–Crippen LogP) is 2.85. The van der Waals surface area contributed by atoms with Gasteiger partial charge >= 0.3 is 0 Å². The van der Waals surface area contributed by atoms with Gasteiger partial charge in [-0.3, -0.25) is 4.79 Å². The van der Waals surface area contributed by atoms with Gasteiger partial charge in [0.1, 0.15) is 23.8 Å². The van der Waals surface area contributed by atoms with Crippen molar-refractivity contribution in [2.45, 2.75) is 50.6 Å². The number of carbonyl (C=O) groups excluding carboxylic acids is 1. The van der Waals surface area contributed by atoms with E-state index in [0.29, 0.717) is 24.3 Å². The summed E-state index contributed by atoms with van der Waals surface area (Å²) >= 11 is 0. The van der Waals surface area contributed by atoms with Crippen molar-refractivity contribution in [2.24, 2.45) is 0 Å². The number of nitriles is 1. The van der Waals surface area contributed by atoms with Gasteiger partial charge in [-0.1, -0.05) is 6.42 Å². The van der Waals surface area contributed by atoms with Crippen molar-refractivity contribution in [1.82, 2.24) is 30.0 Å². The number of hydrogen-bond donors (Lipinski definition) is 0. The molecule has 0 radical (unpaired) electrons. The van der Waals surface area contributed by atoms with Crippen molar-refractivity contribution in [2.75, 3.05) is 29.4 Å². The molecule has 3 aromatic heterocycles. The number of pyridine rings is 1. The Hall–Kier alpha value is -4.13. The molecule has 3 aliphatic rings. The van der Waals surface area contributed by atoms with Crippen molar-refractivity contribution < 1.29 is 4.79 Å². The highest BCUT2D eigenvalue weighted by atomic mass is 16.2. The summed E-state index contributed by atoms with van der Waals surface area (Å²) in [5.74, 6) is 2.47. The van der Waals surface area contributed by atoms with Crippen LogP contribution in [0.25, 0.3) is 0 Å². The van der Waals surface area contributed by atoms with E-state index in [0.717, 1.165) is 36.8 Å². The van der Waals surface area contributed by atoms with E-state index in [-0.39, 0.29) is 23.4 Å². The summed E-state index contributed by atoms with van der Waals surface area (Å²) in [6, 6.07) is 9.24. The van der Waals surface area contributed by atoms with Crippen LogP contribution in [0, 0.1) is 11.3 Å². The van der Waals surface area contributed by atoms with Crippen LogP contribution in [0.4, 0.5) is 17.5 Å². The number of aromatic nitrogens is 5. The van der Waals surface area contributed by atoms with E-state index < -0.39 is 0 Å². The molecule has 1 saturated carbocycles. The Morgan fingerprint density at radius 2 is 1.92 bits per heavy atom. The molecule has 6 rings (SSSR count). The summed E-state index contributed by atoms with van der Waals surface area (Å²) in [7, 11) is 0. The minimum absolute atomic E-state index is 0.0220. The molecule has 1 amide bonds. The molecular formula is C26H27N9O. The maximum absolute atomic E-state index is 13.1. The van der Waals surface area contributed by atoms with Crippen molar-refractivity contribution in [3.8, 4) is 6.07 Å². The Labute approximate surface area is 209 Å². The first-order valence-corrected chi connectivity index (χ1v) is 12.4. The van der Waals surface area contributed by atoms with E-state index in [2.05, 4.69) is 44.9 Å². The van der Waals surface area contributed by atoms with Crippen LogP contribution in [0.2, 0.25) is 0 Å². The van der Waals surface area contributed by atoms with Gasteiger partial charge in [0.2, 0.25) is 0 Å². The Bertz CT molecular complexity index is 1350. The highest BCUT2D eigenvalue weighted by Gasteiger charge is 2.51. The van der Waals surface area contributed by atoms with Crippen molar-refractivity contribution in [3.05, 3.63) is 59.8 Å². The highest BCUT2D eigenvalue weighted by molar-refractivity contribution is 5.92. The molecule has 1 spiro atoms. The third-order valence-corrected chi connectivity index (χ3v) is 7.83. The quantitative estimate of drug-likeness (QED) is 0.557. The van der Waals surface area contributed by atoms with Crippen molar-refractivity contribution >= 4 is 23.4 Å². The standard InChI is InChI=1S/C26H27N9O/c1-17-14-34(25(36)20-5-3-9-31-32-20)18(2)13-33(17)23-22-24(30-16-29-23)35(15-26(22)7-4-8-26)21-11-19(12-27)6-10-28-21/h3,5-6,9-11,16-18H,4,7-8,13-15H2,1-2H3/t17-,18+/m0/s1. The van der Waals surface area contributed by atoms with Crippen LogP contribution in [0.1, 0.15) is 54.7 Å². The fraction of sp³-hybridized carbons (Fsp3) is 0.423. The van der Waals surface area contributed by atoms with E-state index in [9.17, 15) is 10.1 Å². The lowest BCUT2D eigenvalue weighted by atomic mass is 9.66. The van der Waals surface area contributed by atoms with E-state index in [1.807, 2.05) is 11.0 Å². The lowest BCUT2D eigenvalue weighted by Gasteiger charge is -2.46. The van der Waals surface area contributed by atoms with E-state index >= 15 is 0 Å². The van der Waals surface area contributed by atoms with Gasteiger partial charge in [-0.15, -0.1) is 5.10 Å². The average molecular weight is 482 g/mol. The molecule has 2 fully saturated rings. The van der Waals surface area contributed by atoms with Crippen LogP contribution in [-0.4, -0.2) is 67.7 Å². The summed E-state index contributed by atoms with van der Waals surface area (Å²) in [6.45, 7) is 6.21. The molecule has 1 saturated heterocycles. The van der Waals surface area contributed by atoms with Gasteiger partial charge in [-0.2, -0.15) is 10.4 Å². The number of carbonyl (C=O) groups is 1. The van der Waals surface area contributed by atoms with Gasteiger partial charge in [-0.05, 0) is 51.0 Å². The van der Waals surface area contributed by atoms with Crippen molar-refractivity contribution in [3.63, 3.8) is 0 Å². The Balaban J connectivity index is 1.35. The highest BCUT2D eigenvalue weighted by Crippen LogP contribution is 2.56. The Morgan fingerprint density at radius 1 is 1.08 bits per heavy atom. The van der Waals surface area contributed by atoms with Crippen LogP contribution < -0.4 is 9.80 Å². The molecule has 3 aromatic rings. The third-order valence-electron chi connectivity index (χ3n) is 7.83. The second-order valence-electron chi connectivity index (χ2n) is 10.0. The zero-order chi connectivity index (χ0) is 24.9. The lowest BCUT2D eigenvalue weighted by Crippen LogP contribution is -2.59. The van der Waals surface area contributed by atoms with Gasteiger partial charge in [0.25, 0.3) is 5.91 Å². The fourth-order valence-corrected chi connectivity index (χ4v) is 5.82. The molecule has 5 heterocycles. The molecule has 0 unspecified atom stereocenters. The van der Waals surface area contributed by atoms with Gasteiger partial charge in [-0.25, -0.2) is 15.0 Å². The minimum Gasteiger partial charge on any atom is -0.350 e. The minimum atomic E-state index is -0.0971. The summed E-state index contributed by atoms with van der Waals surface area (Å²) in [5, 5.41) is 17.3. The molecule has 0 N–H and O–H groups in total. The Morgan fingerprint density at radius 3 is 2.64 bits per heavy atom. The first-order valence-electron chi connectivity index (χ1n) is 12.4. The second kappa shape index (κ2) is 8.52. The number of amides is 1. The predicted molar refractivity (Wildman–Crippen MR) is 133 cm³/mol. The first kappa shape index (κ1) is 22.3. The monoisotopic (exact) mass is 481 g/mol. The number of hydrogen-bond acceptors (Lipinski definition) is 9. The fourth-order valence-electron chi connectivity index (χ4n) is 5.82. The van der Waals surface area contributed by atoms with Crippen LogP contribution >= 0.6 is 0 Å². The van der Waals surface area contributed by atoms with Crippen LogP contribution in [0.15, 0.2) is 43.0 Å². The van der Waals surface area contributed by atoms with Gasteiger partial charge in [0.05, 0.1) is 11.6 Å². The third kappa shape index (κ3) is 3.46. The molecule has 0 aromatic carbocycles. The molecular weight excluding hydrogens is 454 g/mol. The van der Waals surface area contributed by atoms with Crippen LogP contribution in [0.3, 0.4) is 0 Å². The normalized spacial score (nSPS) is 22.2. The molecule has 2 aliphatic heterocycles. The van der Waals surface area contributed by atoms with E-state index in [4.69, 9.17) is 9.97 Å². The van der Waals surface area contributed by atoms with E-state index in [1.54, 1.807) is 36.9 Å². The summed E-state index contributed by atoms with van der Waals surface area (Å²) in [4.78, 5) is 33.6. The average Bonchev–Trinajstić information content (AvgIpc) is 3.27. The van der Waals surface area contributed by atoms with Gasteiger partial charge in [0, 0.05) is 55.1 Å². The summed E-state index contributed by atoms with van der Waals surface area (Å²) in [5.41, 5.74) is 2.10. The largest absolute Gasteiger partial charge is 0.350 e. The molecule has 36 heavy (non-hydrogen) atoms. The van der Waals surface area contributed by atoms with Crippen LogP contribution in [0.5, 0.6) is 0 Å². The summed E-state index contributed by atoms with van der Waals surface area (Å²) in [6.07, 6.45) is 8.19. The maximum Gasteiger partial charge on any atom is 0.274 e. The zero-order valence-corrected chi connectivity index (χ0v) is 20.4. The zero-order valence-electron chi connectivity index (χ0n) is 20.4.